The van der Waals surface area contributed by atoms with Crippen LogP contribution in [0.15, 0.2) is 45.2 Å². The number of fused-ring (bicyclic) bond motifs is 1. The molecule has 0 aliphatic heterocycles. The van der Waals surface area contributed by atoms with Gasteiger partial charge in [-0.25, -0.2) is 14.6 Å². The zero-order chi connectivity index (χ0) is 26.0. The number of hydrogen-bond acceptors (Lipinski definition) is 8. The normalized spacial score (nSPS) is 11.7. The summed E-state index contributed by atoms with van der Waals surface area (Å²) in [6.45, 7) is 0.139. The average Bonchev–Trinajstić information content (AvgIpc) is 3.41. The molecule has 2 aromatic carbocycles. The van der Waals surface area contributed by atoms with Gasteiger partial charge < -0.3 is 15.6 Å². The highest BCUT2D eigenvalue weighted by Gasteiger charge is 2.38. The zero-order valence-corrected chi connectivity index (χ0v) is 17.7. The van der Waals surface area contributed by atoms with E-state index in [1.54, 1.807) is 11.6 Å². The Labute approximate surface area is 193 Å². The number of thiazole rings is 1. The molecule has 0 bridgehead atoms. The van der Waals surface area contributed by atoms with E-state index in [2.05, 4.69) is 24.4 Å². The standard InChI is InChI=1S/C17H11F3N4O3S.C2HF3O2/c18-17(19,20)26-10-3-1-8(2-4-10)11-5-9(6-21)12(14-13(11)22-7-28-14)15-23-16(25)27-24-15;3-2(4,5)1(6)7/h1-5,7H,6,21H2,(H,23,24,25);(H,6,7). The van der Waals surface area contributed by atoms with Gasteiger partial charge in [-0.1, -0.05) is 17.3 Å². The maximum absolute atomic E-state index is 12.4. The summed E-state index contributed by atoms with van der Waals surface area (Å²) in [5, 5.41) is 10.9. The van der Waals surface area contributed by atoms with Crippen LogP contribution in [0.1, 0.15) is 5.56 Å². The van der Waals surface area contributed by atoms with Crippen LogP contribution in [0.2, 0.25) is 0 Å². The predicted octanol–water partition coefficient (Wildman–Crippen LogP) is 4.30. The van der Waals surface area contributed by atoms with Gasteiger partial charge in [0.2, 0.25) is 0 Å². The van der Waals surface area contributed by atoms with Crippen LogP contribution in [-0.4, -0.2) is 38.7 Å². The van der Waals surface area contributed by atoms with Gasteiger partial charge in [-0.05, 0) is 29.3 Å². The number of carbonyl (C=O) groups is 1. The van der Waals surface area contributed by atoms with Crippen molar-refractivity contribution in [3.8, 4) is 28.3 Å². The molecular formula is C19H12F6N4O5S. The molecule has 4 N–H and O–H groups in total. The number of benzene rings is 2. The van der Waals surface area contributed by atoms with Gasteiger partial charge in [0.1, 0.15) is 5.75 Å². The summed E-state index contributed by atoms with van der Waals surface area (Å²) in [4.78, 5) is 27.1. The summed E-state index contributed by atoms with van der Waals surface area (Å²) in [7, 11) is 0. The number of nitrogens with zero attached hydrogens (tertiary/aromatic N) is 2. The molecule has 0 saturated carbocycles. The number of nitrogens with two attached hydrogens (primary N) is 1. The van der Waals surface area contributed by atoms with Gasteiger partial charge in [-0.15, -0.1) is 24.5 Å². The van der Waals surface area contributed by atoms with E-state index >= 15 is 0 Å². The number of carboxylic acid groups (broad SMARTS) is 1. The van der Waals surface area contributed by atoms with Crippen molar-refractivity contribution < 1.29 is 45.5 Å². The van der Waals surface area contributed by atoms with Crippen molar-refractivity contribution in [3.63, 3.8) is 0 Å². The number of nitrogens with one attached hydrogen (secondary N) is 1. The second-order valence-electron chi connectivity index (χ2n) is 6.51. The van der Waals surface area contributed by atoms with E-state index in [1.807, 2.05) is 0 Å². The van der Waals surface area contributed by atoms with Gasteiger partial charge in [0.15, 0.2) is 5.82 Å². The van der Waals surface area contributed by atoms with Crippen molar-refractivity contribution >= 4 is 27.5 Å². The lowest BCUT2D eigenvalue weighted by molar-refractivity contribution is -0.274. The van der Waals surface area contributed by atoms with Crippen LogP contribution >= 0.6 is 11.3 Å². The van der Waals surface area contributed by atoms with Crippen molar-refractivity contribution in [1.82, 2.24) is 15.1 Å². The van der Waals surface area contributed by atoms with Crippen LogP contribution in [0.3, 0.4) is 0 Å². The lowest BCUT2D eigenvalue weighted by Gasteiger charge is -2.12. The second kappa shape index (κ2) is 9.75. The number of alkyl halides is 6. The van der Waals surface area contributed by atoms with Crippen molar-refractivity contribution in [2.24, 2.45) is 5.73 Å². The quantitative estimate of drug-likeness (QED) is 0.337. The maximum atomic E-state index is 12.4. The number of aromatic nitrogens is 3. The van der Waals surface area contributed by atoms with Crippen LogP contribution in [0.25, 0.3) is 32.7 Å². The predicted molar refractivity (Wildman–Crippen MR) is 109 cm³/mol. The Morgan fingerprint density at radius 2 is 1.80 bits per heavy atom. The van der Waals surface area contributed by atoms with Crippen molar-refractivity contribution in [1.29, 1.82) is 0 Å². The molecule has 0 aliphatic carbocycles. The molecule has 0 radical (unpaired) electrons. The van der Waals surface area contributed by atoms with Gasteiger partial charge in [-0.2, -0.15) is 13.2 Å². The molecule has 35 heavy (non-hydrogen) atoms. The number of aliphatic carboxylic acids is 1. The van der Waals surface area contributed by atoms with Gasteiger partial charge >= 0.3 is 24.3 Å². The molecule has 0 spiro atoms. The Morgan fingerprint density at radius 3 is 2.29 bits per heavy atom. The first-order chi connectivity index (χ1) is 16.3. The number of aromatic amines is 1. The van der Waals surface area contributed by atoms with Crippen LogP contribution in [0.4, 0.5) is 26.3 Å². The van der Waals surface area contributed by atoms with Gasteiger partial charge in [0, 0.05) is 17.7 Å². The molecule has 4 aromatic rings. The third-order valence-electron chi connectivity index (χ3n) is 4.23. The summed E-state index contributed by atoms with van der Waals surface area (Å²) in [5.41, 5.74) is 10.7. The minimum atomic E-state index is -5.08. The van der Waals surface area contributed by atoms with E-state index in [0.29, 0.717) is 27.8 Å². The fraction of sp³-hybridized carbons (Fsp3) is 0.158. The number of rotatable bonds is 4. The minimum Gasteiger partial charge on any atom is -0.475 e. The fourth-order valence-electron chi connectivity index (χ4n) is 2.89. The van der Waals surface area contributed by atoms with E-state index in [-0.39, 0.29) is 18.1 Å². The Balaban J connectivity index is 0.000000429. The number of hydrogen-bond donors (Lipinski definition) is 3. The molecule has 0 saturated heterocycles. The van der Waals surface area contributed by atoms with Crippen molar-refractivity contribution in [3.05, 3.63) is 52.0 Å². The van der Waals surface area contributed by atoms with Gasteiger partial charge in [-0.3, -0.25) is 9.51 Å². The number of ether oxygens (including phenoxy) is 1. The summed E-state index contributed by atoms with van der Waals surface area (Å²) in [5.74, 6) is -3.53. The first-order valence-electron chi connectivity index (χ1n) is 9.12. The Bertz CT molecular complexity index is 1390. The molecular weight excluding hydrogens is 510 g/mol. The minimum absolute atomic E-state index is 0.139. The van der Waals surface area contributed by atoms with Gasteiger partial charge in [0.25, 0.3) is 0 Å². The van der Waals surface area contributed by atoms with Crippen LogP contribution in [-0.2, 0) is 11.3 Å². The maximum Gasteiger partial charge on any atom is 0.573 e. The van der Waals surface area contributed by atoms with Crippen LogP contribution in [0.5, 0.6) is 5.75 Å². The molecule has 9 nitrogen and oxygen atoms in total. The highest BCUT2D eigenvalue weighted by molar-refractivity contribution is 7.17. The van der Waals surface area contributed by atoms with Gasteiger partial charge in [0.05, 0.1) is 15.7 Å². The van der Waals surface area contributed by atoms with Crippen LogP contribution in [0, 0.1) is 0 Å². The largest absolute Gasteiger partial charge is 0.573 e. The zero-order valence-electron chi connectivity index (χ0n) is 16.9. The van der Waals surface area contributed by atoms with Crippen molar-refractivity contribution in [2.45, 2.75) is 19.1 Å². The average molecular weight is 522 g/mol. The molecule has 0 aliphatic rings. The van der Waals surface area contributed by atoms with Crippen molar-refractivity contribution in [2.75, 3.05) is 0 Å². The second-order valence-corrected chi connectivity index (χ2v) is 7.37. The van der Waals surface area contributed by atoms with E-state index < -0.39 is 24.3 Å². The summed E-state index contributed by atoms with van der Waals surface area (Å²) < 4.78 is 78.0. The summed E-state index contributed by atoms with van der Waals surface area (Å²) >= 11 is 1.32. The molecule has 0 amide bonds. The molecule has 2 heterocycles. The molecule has 0 unspecified atom stereocenters. The van der Waals surface area contributed by atoms with E-state index in [9.17, 15) is 31.1 Å². The van der Waals surface area contributed by atoms with E-state index in [0.717, 1.165) is 4.70 Å². The Kier molecular flexibility index (Phi) is 7.16. The summed E-state index contributed by atoms with van der Waals surface area (Å²) in [6, 6.07) is 7.24. The smallest absolute Gasteiger partial charge is 0.475 e. The first kappa shape index (κ1) is 25.7. The van der Waals surface area contributed by atoms with E-state index in [1.165, 1.54) is 35.6 Å². The molecule has 4 rings (SSSR count). The SMILES string of the molecule is NCc1cc(-c2ccc(OC(F)(F)F)cc2)c2ncsc2c1-c1noc(=O)[nH]1.O=C(O)C(F)(F)F. The highest BCUT2D eigenvalue weighted by atomic mass is 32.1. The number of H-pyrrole nitrogens is 1. The first-order valence-corrected chi connectivity index (χ1v) is 10.00. The molecule has 186 valence electrons. The third kappa shape index (κ3) is 6.15. The monoisotopic (exact) mass is 522 g/mol. The van der Waals surface area contributed by atoms with Crippen LogP contribution < -0.4 is 16.2 Å². The fourth-order valence-corrected chi connectivity index (χ4v) is 3.77. The lowest BCUT2D eigenvalue weighted by Crippen LogP contribution is -2.21. The number of carboxylic acids is 1. The highest BCUT2D eigenvalue weighted by Crippen LogP contribution is 2.39. The Morgan fingerprint density at radius 1 is 1.17 bits per heavy atom. The Hall–Kier alpha value is -3.92. The third-order valence-corrected chi connectivity index (χ3v) is 5.07. The lowest BCUT2D eigenvalue weighted by atomic mass is 9.97. The molecule has 16 heteroatoms. The molecule has 0 atom stereocenters. The molecule has 0 fully saturated rings. The topological polar surface area (TPSA) is 144 Å². The molecule has 2 aromatic heterocycles. The number of halogens is 6. The summed E-state index contributed by atoms with van der Waals surface area (Å²) in [6.07, 6.45) is -9.84. The van der Waals surface area contributed by atoms with E-state index in [4.69, 9.17) is 15.6 Å².